The van der Waals surface area contributed by atoms with E-state index in [1.165, 1.54) is 18.2 Å². The first-order valence-electron chi connectivity index (χ1n) is 6.43. The summed E-state index contributed by atoms with van der Waals surface area (Å²) in [6.07, 6.45) is 0.701. The fourth-order valence-electron chi connectivity index (χ4n) is 2.03. The van der Waals surface area contributed by atoms with Gasteiger partial charge in [0.05, 0.1) is 5.56 Å². The quantitative estimate of drug-likeness (QED) is 0.748. The van der Waals surface area contributed by atoms with Crippen molar-refractivity contribution in [2.24, 2.45) is 0 Å². The molecule has 0 aliphatic carbocycles. The van der Waals surface area contributed by atoms with Crippen LogP contribution in [0.3, 0.4) is 0 Å². The first kappa shape index (κ1) is 13.9. The fraction of sp³-hybridized carbons (Fsp3) is 0.188. The second kappa shape index (κ2) is 6.10. The summed E-state index contributed by atoms with van der Waals surface area (Å²) in [4.78, 5) is 12.0. The lowest BCUT2D eigenvalue weighted by Crippen LogP contribution is -2.34. The summed E-state index contributed by atoms with van der Waals surface area (Å²) in [5.41, 5.74) is 1.20. The highest BCUT2D eigenvalue weighted by molar-refractivity contribution is 5.97. The number of nitrogens with one attached hydrogen (secondary N) is 1. The summed E-state index contributed by atoms with van der Waals surface area (Å²) in [6, 6.07) is 13.6. The van der Waals surface area contributed by atoms with Crippen molar-refractivity contribution in [3.63, 3.8) is 0 Å². The first-order chi connectivity index (χ1) is 9.56. The maximum atomic E-state index is 12.0. The molecular formula is C16H17NO3. The minimum atomic E-state index is -0.401. The van der Waals surface area contributed by atoms with E-state index >= 15 is 0 Å². The number of carbonyl (C=O) groups is 1. The molecule has 1 amide bonds. The van der Waals surface area contributed by atoms with Crippen molar-refractivity contribution in [2.75, 3.05) is 0 Å². The molecule has 0 saturated heterocycles. The van der Waals surface area contributed by atoms with Gasteiger partial charge in [-0.25, -0.2) is 0 Å². The molecule has 0 spiro atoms. The lowest BCUT2D eigenvalue weighted by molar-refractivity contribution is 0.0937. The van der Waals surface area contributed by atoms with Crippen molar-refractivity contribution in [3.8, 4) is 11.5 Å². The molecule has 3 N–H and O–H groups in total. The Morgan fingerprint density at radius 3 is 2.55 bits per heavy atom. The van der Waals surface area contributed by atoms with Gasteiger partial charge in [0, 0.05) is 6.04 Å². The number of benzene rings is 2. The topological polar surface area (TPSA) is 69.6 Å². The van der Waals surface area contributed by atoms with E-state index in [4.69, 9.17) is 0 Å². The molecule has 2 rings (SSSR count). The zero-order chi connectivity index (χ0) is 14.5. The van der Waals surface area contributed by atoms with Crippen LogP contribution in [0.4, 0.5) is 0 Å². The number of amides is 1. The van der Waals surface area contributed by atoms with E-state index in [1.54, 1.807) is 0 Å². The van der Waals surface area contributed by atoms with Gasteiger partial charge >= 0.3 is 0 Å². The Kier molecular flexibility index (Phi) is 4.25. The predicted molar refractivity (Wildman–Crippen MR) is 76.8 cm³/mol. The molecule has 104 valence electrons. The number of carbonyl (C=O) groups excluding carboxylic acids is 1. The van der Waals surface area contributed by atoms with E-state index in [0.29, 0.717) is 6.42 Å². The van der Waals surface area contributed by atoms with E-state index in [2.05, 4.69) is 5.32 Å². The van der Waals surface area contributed by atoms with Gasteiger partial charge in [-0.1, -0.05) is 30.3 Å². The Morgan fingerprint density at radius 1 is 1.15 bits per heavy atom. The Bertz CT molecular complexity index is 596. The van der Waals surface area contributed by atoms with Gasteiger partial charge in [0.25, 0.3) is 5.91 Å². The van der Waals surface area contributed by atoms with Gasteiger partial charge in [0.2, 0.25) is 0 Å². The second-order valence-electron chi connectivity index (χ2n) is 4.77. The van der Waals surface area contributed by atoms with E-state index in [1.807, 2.05) is 37.3 Å². The van der Waals surface area contributed by atoms with Crippen molar-refractivity contribution in [2.45, 2.75) is 19.4 Å². The molecule has 0 radical (unpaired) electrons. The molecule has 1 unspecified atom stereocenters. The Balaban J connectivity index is 2.02. The van der Waals surface area contributed by atoms with Gasteiger partial charge in [-0.3, -0.25) is 4.79 Å². The largest absolute Gasteiger partial charge is 0.508 e. The number of hydrogen-bond donors (Lipinski definition) is 3. The third-order valence-corrected chi connectivity index (χ3v) is 2.99. The average Bonchev–Trinajstić information content (AvgIpc) is 2.42. The molecule has 4 heteroatoms. The van der Waals surface area contributed by atoms with Crippen LogP contribution in [-0.4, -0.2) is 22.2 Å². The van der Waals surface area contributed by atoms with Gasteiger partial charge in [-0.2, -0.15) is 0 Å². The van der Waals surface area contributed by atoms with E-state index in [0.717, 1.165) is 5.56 Å². The molecular weight excluding hydrogens is 254 g/mol. The van der Waals surface area contributed by atoms with Crippen LogP contribution >= 0.6 is 0 Å². The highest BCUT2D eigenvalue weighted by Gasteiger charge is 2.14. The predicted octanol–water partition coefficient (Wildman–Crippen LogP) is 2.46. The molecule has 20 heavy (non-hydrogen) atoms. The molecule has 0 heterocycles. The number of phenolic OH excluding ortho intramolecular Hbond substituents is 2. The van der Waals surface area contributed by atoms with Crippen molar-refractivity contribution >= 4 is 5.91 Å². The fourth-order valence-corrected chi connectivity index (χ4v) is 2.03. The molecule has 2 aromatic rings. The zero-order valence-corrected chi connectivity index (χ0v) is 11.2. The van der Waals surface area contributed by atoms with Gasteiger partial charge in [-0.05, 0) is 37.1 Å². The number of phenols is 2. The molecule has 1 atom stereocenters. The number of rotatable bonds is 4. The van der Waals surface area contributed by atoms with Crippen LogP contribution in [0.25, 0.3) is 0 Å². The normalized spacial score (nSPS) is 11.8. The van der Waals surface area contributed by atoms with Gasteiger partial charge in [0.15, 0.2) is 0 Å². The van der Waals surface area contributed by atoms with Crippen LogP contribution in [0, 0.1) is 0 Å². The van der Waals surface area contributed by atoms with Crippen molar-refractivity contribution < 1.29 is 15.0 Å². The molecule has 0 aromatic heterocycles. The Morgan fingerprint density at radius 2 is 1.85 bits per heavy atom. The maximum absolute atomic E-state index is 12.0. The standard InChI is InChI=1S/C16H17NO3/c1-11(9-12-5-3-2-4-6-12)17-16(20)14-10-13(18)7-8-15(14)19/h2-8,10-11,18-19H,9H2,1H3,(H,17,20). The smallest absolute Gasteiger partial charge is 0.255 e. The summed E-state index contributed by atoms with van der Waals surface area (Å²) in [6.45, 7) is 1.89. The third-order valence-electron chi connectivity index (χ3n) is 2.99. The van der Waals surface area contributed by atoms with Crippen LogP contribution in [-0.2, 0) is 6.42 Å². The molecule has 0 bridgehead atoms. The molecule has 4 nitrogen and oxygen atoms in total. The maximum Gasteiger partial charge on any atom is 0.255 e. The van der Waals surface area contributed by atoms with Gasteiger partial charge in [-0.15, -0.1) is 0 Å². The summed E-state index contributed by atoms with van der Waals surface area (Å²) in [5, 5.41) is 21.8. The van der Waals surface area contributed by atoms with Crippen molar-refractivity contribution in [1.29, 1.82) is 0 Å². The average molecular weight is 271 g/mol. The molecule has 2 aromatic carbocycles. The Hall–Kier alpha value is -2.49. The van der Waals surface area contributed by atoms with Gasteiger partial charge in [0.1, 0.15) is 11.5 Å². The summed E-state index contributed by atoms with van der Waals surface area (Å²) in [7, 11) is 0. The van der Waals surface area contributed by atoms with E-state index in [-0.39, 0.29) is 23.1 Å². The number of hydrogen-bond acceptors (Lipinski definition) is 3. The SMILES string of the molecule is CC(Cc1ccccc1)NC(=O)c1cc(O)ccc1O. The molecule has 0 fully saturated rings. The molecule has 0 saturated carbocycles. The van der Waals surface area contributed by atoms with E-state index < -0.39 is 5.91 Å². The summed E-state index contributed by atoms with van der Waals surface area (Å²) < 4.78 is 0. The van der Waals surface area contributed by atoms with Crippen LogP contribution in [0.15, 0.2) is 48.5 Å². The minimum Gasteiger partial charge on any atom is -0.508 e. The first-order valence-corrected chi connectivity index (χ1v) is 6.43. The lowest BCUT2D eigenvalue weighted by Gasteiger charge is -2.14. The van der Waals surface area contributed by atoms with Crippen LogP contribution < -0.4 is 5.32 Å². The number of aromatic hydroxyl groups is 2. The van der Waals surface area contributed by atoms with Crippen molar-refractivity contribution in [1.82, 2.24) is 5.32 Å². The van der Waals surface area contributed by atoms with Gasteiger partial charge < -0.3 is 15.5 Å². The van der Waals surface area contributed by atoms with Crippen LogP contribution in [0.1, 0.15) is 22.8 Å². The van der Waals surface area contributed by atoms with E-state index in [9.17, 15) is 15.0 Å². The van der Waals surface area contributed by atoms with Crippen LogP contribution in [0.5, 0.6) is 11.5 Å². The minimum absolute atomic E-state index is 0.0522. The van der Waals surface area contributed by atoms with Crippen LogP contribution in [0.2, 0.25) is 0 Å². The monoisotopic (exact) mass is 271 g/mol. The lowest BCUT2D eigenvalue weighted by atomic mass is 10.1. The highest BCUT2D eigenvalue weighted by Crippen LogP contribution is 2.22. The highest BCUT2D eigenvalue weighted by atomic mass is 16.3. The summed E-state index contributed by atoms with van der Waals surface area (Å²) >= 11 is 0. The molecule has 0 aliphatic rings. The second-order valence-corrected chi connectivity index (χ2v) is 4.77. The summed E-state index contributed by atoms with van der Waals surface area (Å²) in [5.74, 6) is -0.599. The zero-order valence-electron chi connectivity index (χ0n) is 11.2. The Labute approximate surface area is 117 Å². The van der Waals surface area contributed by atoms with Crippen molar-refractivity contribution in [3.05, 3.63) is 59.7 Å². The molecule has 0 aliphatic heterocycles. The third kappa shape index (κ3) is 3.51.